The first kappa shape index (κ1) is 12.3. The second kappa shape index (κ2) is 6.00. The molecule has 5 heteroatoms. The summed E-state index contributed by atoms with van der Waals surface area (Å²) in [4.78, 5) is 4.22. The molecule has 0 heterocycles. The molecule has 0 aliphatic carbocycles. The van der Waals surface area contributed by atoms with E-state index >= 15 is 0 Å². The van der Waals surface area contributed by atoms with E-state index in [1.807, 2.05) is 18.2 Å². The minimum absolute atomic E-state index is 0.365. The number of azo groups is 1. The van der Waals surface area contributed by atoms with Crippen molar-refractivity contribution in [3.63, 3.8) is 0 Å². The van der Waals surface area contributed by atoms with Gasteiger partial charge in [-0.25, -0.2) is 14.5 Å². The van der Waals surface area contributed by atoms with Crippen LogP contribution in [0, 0.1) is 5.82 Å². The summed E-state index contributed by atoms with van der Waals surface area (Å²) in [7, 11) is 0. The highest BCUT2D eigenvalue weighted by atomic mass is 19.1. The van der Waals surface area contributed by atoms with Gasteiger partial charge >= 0.3 is 0 Å². The Labute approximate surface area is 103 Å². The van der Waals surface area contributed by atoms with Crippen molar-refractivity contribution < 1.29 is 14.5 Å². The van der Waals surface area contributed by atoms with Crippen LogP contribution < -0.4 is 0 Å². The molecule has 0 fully saturated rings. The summed E-state index contributed by atoms with van der Waals surface area (Å²) in [6.07, 6.45) is -0.967. The van der Waals surface area contributed by atoms with Crippen LogP contribution in [0.3, 0.4) is 0 Å². The Bertz CT molecular complexity index is 514. The molecule has 0 aliphatic rings. The van der Waals surface area contributed by atoms with E-state index in [9.17, 15) is 4.39 Å². The van der Waals surface area contributed by atoms with Crippen LogP contribution in [0.2, 0.25) is 0 Å². The number of nitrogens with zero attached hydrogens (tertiary/aromatic N) is 2. The Kier molecular flexibility index (Phi) is 4.11. The average Bonchev–Trinajstić information content (AvgIpc) is 2.42. The summed E-state index contributed by atoms with van der Waals surface area (Å²) in [5.74, 6) is -0.365. The zero-order chi connectivity index (χ0) is 12.8. The monoisotopic (exact) mass is 246 g/mol. The maximum Gasteiger partial charge on any atom is 0.227 e. The first-order valence-corrected chi connectivity index (χ1v) is 5.31. The third kappa shape index (κ3) is 3.19. The third-order valence-electron chi connectivity index (χ3n) is 2.29. The lowest BCUT2D eigenvalue weighted by Gasteiger charge is -2.07. The summed E-state index contributed by atoms with van der Waals surface area (Å²) < 4.78 is 12.7. The fourth-order valence-corrected chi connectivity index (χ4v) is 1.39. The molecule has 4 nitrogen and oxygen atoms in total. The van der Waals surface area contributed by atoms with Crippen LogP contribution in [0.25, 0.3) is 0 Å². The summed E-state index contributed by atoms with van der Waals surface area (Å²) in [6.45, 7) is 0. The Morgan fingerprint density at radius 2 is 1.67 bits per heavy atom. The van der Waals surface area contributed by atoms with Gasteiger partial charge in [0.05, 0.1) is 5.69 Å². The first-order valence-electron chi connectivity index (χ1n) is 5.31. The van der Waals surface area contributed by atoms with Crippen molar-refractivity contribution >= 4 is 5.69 Å². The van der Waals surface area contributed by atoms with Crippen LogP contribution in [0.4, 0.5) is 10.1 Å². The molecule has 0 bridgehead atoms. The molecule has 2 aromatic carbocycles. The lowest BCUT2D eigenvalue weighted by molar-refractivity contribution is -0.281. The molecule has 0 spiro atoms. The minimum atomic E-state index is -0.967. The molecule has 0 saturated heterocycles. The van der Waals surface area contributed by atoms with E-state index in [4.69, 9.17) is 5.26 Å². The van der Waals surface area contributed by atoms with Gasteiger partial charge in [-0.2, -0.15) is 5.11 Å². The Balaban J connectivity index is 2.15. The van der Waals surface area contributed by atoms with E-state index in [1.54, 1.807) is 12.1 Å². The number of rotatable bonds is 4. The topological polar surface area (TPSA) is 54.2 Å². The standard InChI is InChI=1S/C13H11FN2O2/c14-11-8-6-10(7-9-11)13(18-17)16-15-12-4-2-1-3-5-12/h1-9,13,17H. The van der Waals surface area contributed by atoms with E-state index in [0.717, 1.165) is 0 Å². The van der Waals surface area contributed by atoms with Crippen LogP contribution in [-0.4, -0.2) is 5.26 Å². The molecule has 92 valence electrons. The van der Waals surface area contributed by atoms with Gasteiger partial charge in [-0.05, 0) is 24.3 Å². The van der Waals surface area contributed by atoms with Crippen LogP contribution in [0.1, 0.15) is 11.8 Å². The smallest absolute Gasteiger partial charge is 0.227 e. The van der Waals surface area contributed by atoms with Gasteiger partial charge in [0, 0.05) is 5.56 Å². The maximum absolute atomic E-state index is 12.7. The normalized spacial score (nSPS) is 12.8. The lowest BCUT2D eigenvalue weighted by atomic mass is 10.2. The fraction of sp³-hybridized carbons (Fsp3) is 0.0769. The van der Waals surface area contributed by atoms with Crippen molar-refractivity contribution in [3.05, 3.63) is 66.0 Å². The zero-order valence-corrected chi connectivity index (χ0v) is 9.40. The highest BCUT2D eigenvalue weighted by molar-refractivity contribution is 5.34. The van der Waals surface area contributed by atoms with Crippen LogP contribution in [-0.2, 0) is 4.89 Å². The number of hydrogen-bond donors (Lipinski definition) is 1. The van der Waals surface area contributed by atoms with Crippen LogP contribution >= 0.6 is 0 Å². The molecule has 0 amide bonds. The van der Waals surface area contributed by atoms with Gasteiger partial charge < -0.3 is 0 Å². The molecule has 0 saturated carbocycles. The predicted molar refractivity (Wildman–Crippen MR) is 63.8 cm³/mol. The third-order valence-corrected chi connectivity index (χ3v) is 2.29. The summed E-state index contributed by atoms with van der Waals surface area (Å²) >= 11 is 0. The van der Waals surface area contributed by atoms with E-state index in [-0.39, 0.29) is 5.82 Å². The maximum atomic E-state index is 12.7. The second-order valence-corrected chi connectivity index (χ2v) is 3.56. The fourth-order valence-electron chi connectivity index (χ4n) is 1.39. The van der Waals surface area contributed by atoms with Gasteiger partial charge in [0.15, 0.2) is 0 Å². The molecule has 0 aliphatic heterocycles. The largest absolute Gasteiger partial charge is 0.249 e. The molecule has 1 unspecified atom stereocenters. The molecule has 1 atom stereocenters. The Morgan fingerprint density at radius 3 is 2.28 bits per heavy atom. The first-order chi connectivity index (χ1) is 8.79. The Hall–Kier alpha value is -2.11. The van der Waals surface area contributed by atoms with Gasteiger partial charge in [0.25, 0.3) is 0 Å². The van der Waals surface area contributed by atoms with Gasteiger partial charge in [-0.1, -0.05) is 30.3 Å². The molecular weight excluding hydrogens is 235 g/mol. The molecule has 1 N–H and O–H groups in total. The van der Waals surface area contributed by atoms with Crippen molar-refractivity contribution in [1.82, 2.24) is 0 Å². The van der Waals surface area contributed by atoms with Crippen molar-refractivity contribution in [2.24, 2.45) is 10.2 Å². The summed E-state index contributed by atoms with van der Waals surface area (Å²) in [5, 5.41) is 16.5. The molecule has 18 heavy (non-hydrogen) atoms. The number of hydrogen-bond acceptors (Lipinski definition) is 4. The average molecular weight is 246 g/mol. The molecule has 0 radical (unpaired) electrons. The second-order valence-electron chi connectivity index (χ2n) is 3.56. The summed E-state index contributed by atoms with van der Waals surface area (Å²) in [5.41, 5.74) is 1.15. The molecule has 2 rings (SSSR count). The van der Waals surface area contributed by atoms with E-state index in [2.05, 4.69) is 15.1 Å². The van der Waals surface area contributed by atoms with E-state index in [0.29, 0.717) is 11.3 Å². The van der Waals surface area contributed by atoms with E-state index < -0.39 is 6.23 Å². The highest BCUT2D eigenvalue weighted by Gasteiger charge is 2.10. The van der Waals surface area contributed by atoms with Crippen LogP contribution in [0.15, 0.2) is 64.8 Å². The summed E-state index contributed by atoms with van der Waals surface area (Å²) in [6, 6.07) is 14.5. The van der Waals surface area contributed by atoms with Crippen molar-refractivity contribution in [1.29, 1.82) is 0 Å². The minimum Gasteiger partial charge on any atom is -0.249 e. The van der Waals surface area contributed by atoms with Crippen molar-refractivity contribution in [3.8, 4) is 0 Å². The quantitative estimate of drug-likeness (QED) is 0.501. The van der Waals surface area contributed by atoms with Gasteiger partial charge in [0.2, 0.25) is 6.23 Å². The van der Waals surface area contributed by atoms with E-state index in [1.165, 1.54) is 24.3 Å². The van der Waals surface area contributed by atoms with Crippen LogP contribution in [0.5, 0.6) is 0 Å². The SMILES string of the molecule is OOC(N=Nc1ccccc1)c1ccc(F)cc1. The lowest BCUT2D eigenvalue weighted by Crippen LogP contribution is -1.97. The predicted octanol–water partition coefficient (Wildman–Crippen LogP) is 4.10. The Morgan fingerprint density at radius 1 is 1.00 bits per heavy atom. The van der Waals surface area contributed by atoms with Crippen molar-refractivity contribution in [2.45, 2.75) is 6.23 Å². The number of benzene rings is 2. The molecule has 0 aromatic heterocycles. The molecule has 2 aromatic rings. The number of halogens is 1. The van der Waals surface area contributed by atoms with Gasteiger partial charge in [-0.3, -0.25) is 0 Å². The van der Waals surface area contributed by atoms with Gasteiger partial charge in [0.1, 0.15) is 5.82 Å². The van der Waals surface area contributed by atoms with Gasteiger partial charge in [-0.15, -0.1) is 5.11 Å². The highest BCUT2D eigenvalue weighted by Crippen LogP contribution is 2.21. The zero-order valence-electron chi connectivity index (χ0n) is 9.40. The molecular formula is C13H11FN2O2. The van der Waals surface area contributed by atoms with Crippen molar-refractivity contribution in [2.75, 3.05) is 0 Å².